The second kappa shape index (κ2) is 10.1. The van der Waals surface area contributed by atoms with Crippen LogP contribution in [0.5, 0.6) is 0 Å². The minimum absolute atomic E-state index is 0.0112. The van der Waals surface area contributed by atoms with Crippen LogP contribution in [0.25, 0.3) is 6.08 Å². The first-order valence-electron chi connectivity index (χ1n) is 9.51. The number of hydrogen-bond donors (Lipinski definition) is 3. The van der Waals surface area contributed by atoms with Gasteiger partial charge >= 0.3 is 0 Å². The molecule has 2 aromatic carbocycles. The Kier molecular flexibility index (Phi) is 7.29. The highest BCUT2D eigenvalue weighted by Gasteiger charge is 2.16. The number of hydrogen-bond acceptors (Lipinski definition) is 6. The van der Waals surface area contributed by atoms with Crippen molar-refractivity contribution in [2.45, 2.75) is 18.7 Å². The van der Waals surface area contributed by atoms with Crippen molar-refractivity contribution in [3.8, 4) is 0 Å². The van der Waals surface area contributed by atoms with Crippen LogP contribution in [0.2, 0.25) is 0 Å². The van der Waals surface area contributed by atoms with E-state index in [2.05, 4.69) is 25.3 Å². The molecule has 3 N–H and O–H groups in total. The molecule has 3 rings (SSSR count). The molecule has 0 bridgehead atoms. The van der Waals surface area contributed by atoms with Gasteiger partial charge in [0.15, 0.2) is 5.11 Å². The molecule has 1 heterocycles. The number of carbonyl (C=O) groups excluding carboxylic acids is 1. The van der Waals surface area contributed by atoms with Crippen LogP contribution in [-0.4, -0.2) is 29.4 Å². The quantitative estimate of drug-likeness (QED) is 0.376. The number of nitrogens with one attached hydrogen (secondary N) is 3. The molecule has 0 aliphatic carbocycles. The predicted octanol–water partition coefficient (Wildman–Crippen LogP) is 3.42. The molecule has 0 spiro atoms. The van der Waals surface area contributed by atoms with Gasteiger partial charge in [-0.2, -0.15) is 0 Å². The Morgan fingerprint density at radius 2 is 1.59 bits per heavy atom. The Labute approximate surface area is 191 Å². The zero-order chi connectivity index (χ0) is 23.1. The third-order valence-corrected chi connectivity index (χ3v) is 5.64. The third-order valence-electron chi connectivity index (χ3n) is 4.09. The number of anilines is 2. The van der Waals surface area contributed by atoms with Crippen LogP contribution in [0.3, 0.4) is 0 Å². The lowest BCUT2D eigenvalue weighted by Gasteiger charge is -2.10. The second-order valence-electron chi connectivity index (χ2n) is 6.79. The first-order chi connectivity index (χ1) is 15.2. The minimum Gasteiger partial charge on any atom is -0.332 e. The first-order valence-corrected chi connectivity index (χ1v) is 11.4. The van der Waals surface area contributed by atoms with Gasteiger partial charge in [0.1, 0.15) is 0 Å². The van der Waals surface area contributed by atoms with Crippen molar-refractivity contribution in [1.29, 1.82) is 0 Å². The Morgan fingerprint density at radius 1 is 0.969 bits per heavy atom. The van der Waals surface area contributed by atoms with E-state index >= 15 is 0 Å². The summed E-state index contributed by atoms with van der Waals surface area (Å²) in [5, 5.41) is 5.46. The molecule has 10 heteroatoms. The average Bonchev–Trinajstić information content (AvgIpc) is 2.72. The van der Waals surface area contributed by atoms with Crippen molar-refractivity contribution >= 4 is 51.0 Å². The van der Waals surface area contributed by atoms with Crippen molar-refractivity contribution < 1.29 is 13.2 Å². The van der Waals surface area contributed by atoms with Gasteiger partial charge in [-0.05, 0) is 68.0 Å². The third kappa shape index (κ3) is 6.69. The number of benzene rings is 2. The van der Waals surface area contributed by atoms with Gasteiger partial charge in [-0.25, -0.2) is 23.1 Å². The van der Waals surface area contributed by atoms with Gasteiger partial charge in [-0.1, -0.05) is 30.3 Å². The summed E-state index contributed by atoms with van der Waals surface area (Å²) in [6, 6.07) is 17.0. The Hall–Kier alpha value is -3.63. The van der Waals surface area contributed by atoms with E-state index in [9.17, 15) is 13.2 Å². The molecular weight excluding hydrogens is 446 g/mol. The topological polar surface area (TPSA) is 113 Å². The molecule has 0 saturated heterocycles. The van der Waals surface area contributed by atoms with Crippen LogP contribution in [0.4, 0.5) is 11.6 Å². The average molecular weight is 468 g/mol. The van der Waals surface area contributed by atoms with Crippen molar-refractivity contribution in [2.24, 2.45) is 0 Å². The van der Waals surface area contributed by atoms with E-state index < -0.39 is 10.0 Å². The number of sulfonamides is 1. The van der Waals surface area contributed by atoms with Gasteiger partial charge in [0, 0.05) is 23.2 Å². The fourth-order valence-electron chi connectivity index (χ4n) is 2.72. The largest absolute Gasteiger partial charge is 0.332 e. The van der Waals surface area contributed by atoms with Crippen LogP contribution in [0, 0.1) is 13.8 Å². The monoisotopic (exact) mass is 467 g/mol. The van der Waals surface area contributed by atoms with E-state index in [1.54, 1.807) is 26.0 Å². The molecule has 0 radical (unpaired) electrons. The van der Waals surface area contributed by atoms with E-state index in [1.807, 2.05) is 30.3 Å². The summed E-state index contributed by atoms with van der Waals surface area (Å²) in [5.74, 6) is -0.375. The van der Waals surface area contributed by atoms with Crippen molar-refractivity contribution in [3.63, 3.8) is 0 Å². The molecule has 0 atom stereocenters. The SMILES string of the molecule is Cc1cc(C)nc(NS(=O)(=O)c2ccc(NC(=S)NC(=O)C=Cc3ccccc3)cc2)n1. The van der Waals surface area contributed by atoms with E-state index in [-0.39, 0.29) is 21.9 Å². The highest BCUT2D eigenvalue weighted by atomic mass is 32.2. The predicted molar refractivity (Wildman–Crippen MR) is 129 cm³/mol. The van der Waals surface area contributed by atoms with E-state index in [4.69, 9.17) is 12.2 Å². The number of rotatable bonds is 6. The summed E-state index contributed by atoms with van der Waals surface area (Å²) in [4.78, 5) is 20.2. The smallest absolute Gasteiger partial charge is 0.264 e. The van der Waals surface area contributed by atoms with Crippen LogP contribution in [-0.2, 0) is 14.8 Å². The number of nitrogens with zero attached hydrogens (tertiary/aromatic N) is 2. The maximum atomic E-state index is 12.6. The van der Waals surface area contributed by atoms with Crippen molar-refractivity contribution in [1.82, 2.24) is 15.3 Å². The molecule has 32 heavy (non-hydrogen) atoms. The normalized spacial score (nSPS) is 11.2. The van der Waals surface area contributed by atoms with Gasteiger partial charge in [0.25, 0.3) is 10.0 Å². The summed E-state index contributed by atoms with van der Waals surface area (Å²) in [7, 11) is -3.86. The van der Waals surface area contributed by atoms with Crippen LogP contribution in [0.15, 0.2) is 71.6 Å². The Morgan fingerprint density at radius 3 is 2.22 bits per heavy atom. The first kappa shape index (κ1) is 23.0. The molecule has 0 saturated carbocycles. The lowest BCUT2D eigenvalue weighted by molar-refractivity contribution is -0.115. The summed E-state index contributed by atoms with van der Waals surface area (Å²) in [6.45, 7) is 3.51. The lowest BCUT2D eigenvalue weighted by atomic mass is 10.2. The molecule has 164 valence electrons. The Balaban J connectivity index is 1.59. The lowest BCUT2D eigenvalue weighted by Crippen LogP contribution is -2.32. The van der Waals surface area contributed by atoms with Crippen molar-refractivity contribution in [3.05, 3.63) is 83.7 Å². The molecule has 3 aromatic rings. The molecule has 8 nitrogen and oxygen atoms in total. The molecule has 0 aliphatic heterocycles. The number of aromatic nitrogens is 2. The molecule has 1 amide bonds. The number of carbonyl (C=O) groups is 1. The molecule has 0 unspecified atom stereocenters. The molecule has 0 aliphatic rings. The highest BCUT2D eigenvalue weighted by Crippen LogP contribution is 2.17. The van der Waals surface area contributed by atoms with E-state index in [0.29, 0.717) is 17.1 Å². The maximum absolute atomic E-state index is 12.6. The molecule has 0 fully saturated rings. The van der Waals surface area contributed by atoms with E-state index in [0.717, 1.165) is 5.56 Å². The van der Waals surface area contributed by atoms with Gasteiger partial charge in [0.05, 0.1) is 4.90 Å². The second-order valence-corrected chi connectivity index (χ2v) is 8.88. The molecule has 1 aromatic heterocycles. The zero-order valence-corrected chi connectivity index (χ0v) is 19.0. The number of aryl methyl sites for hydroxylation is 2. The van der Waals surface area contributed by atoms with Gasteiger partial charge in [-0.3, -0.25) is 10.1 Å². The maximum Gasteiger partial charge on any atom is 0.264 e. The van der Waals surface area contributed by atoms with Gasteiger partial charge in [0.2, 0.25) is 11.9 Å². The highest BCUT2D eigenvalue weighted by molar-refractivity contribution is 7.92. The summed E-state index contributed by atoms with van der Waals surface area (Å²) < 4.78 is 27.5. The molecular formula is C22H21N5O3S2. The van der Waals surface area contributed by atoms with Gasteiger partial charge in [-0.15, -0.1) is 0 Å². The fourth-order valence-corrected chi connectivity index (χ4v) is 3.88. The van der Waals surface area contributed by atoms with Crippen LogP contribution < -0.4 is 15.4 Å². The number of amides is 1. The van der Waals surface area contributed by atoms with Crippen LogP contribution >= 0.6 is 12.2 Å². The summed E-state index contributed by atoms with van der Waals surface area (Å²) >= 11 is 5.14. The standard InChI is InChI=1S/C22H21N5O3S2/c1-15-14-16(2)24-21(23-15)27-32(29,30)19-11-9-18(10-12-19)25-22(31)26-20(28)13-8-17-6-4-3-5-7-17/h3-14H,1-2H3,(H,23,24,27)(H2,25,26,28,31). The zero-order valence-electron chi connectivity index (χ0n) is 17.4. The van der Waals surface area contributed by atoms with Gasteiger partial charge < -0.3 is 5.32 Å². The Bertz CT molecular complexity index is 1240. The van der Waals surface area contributed by atoms with Crippen LogP contribution in [0.1, 0.15) is 17.0 Å². The van der Waals surface area contributed by atoms with Crippen molar-refractivity contribution in [2.75, 3.05) is 10.0 Å². The summed E-state index contributed by atoms with van der Waals surface area (Å²) in [6.07, 6.45) is 3.05. The fraction of sp³-hybridized carbons (Fsp3) is 0.0909. The summed E-state index contributed by atoms with van der Waals surface area (Å²) in [5.41, 5.74) is 2.72. The minimum atomic E-state index is -3.86. The number of thiocarbonyl (C=S) groups is 1. The van der Waals surface area contributed by atoms with E-state index in [1.165, 1.54) is 30.3 Å².